The van der Waals surface area contributed by atoms with Crippen LogP contribution in [0.2, 0.25) is 0 Å². The van der Waals surface area contributed by atoms with E-state index < -0.39 is 0 Å². The Balaban J connectivity index is 1.98. The molecule has 2 aliphatic carbocycles. The fourth-order valence-electron chi connectivity index (χ4n) is 4.08. The monoisotopic (exact) mass is 266 g/mol. The molecule has 0 radical (unpaired) electrons. The van der Waals surface area contributed by atoms with Gasteiger partial charge in [-0.3, -0.25) is 4.79 Å². The molecule has 19 heavy (non-hydrogen) atoms. The molecule has 0 aromatic rings. The van der Waals surface area contributed by atoms with E-state index in [0.717, 1.165) is 25.8 Å². The molecule has 0 aromatic carbocycles. The summed E-state index contributed by atoms with van der Waals surface area (Å²) < 4.78 is 0. The van der Waals surface area contributed by atoms with Crippen LogP contribution in [-0.2, 0) is 4.79 Å². The zero-order valence-corrected chi connectivity index (χ0v) is 12.6. The predicted octanol–water partition coefficient (Wildman–Crippen LogP) is 2.93. The second kappa shape index (κ2) is 6.74. The smallest absolute Gasteiger partial charge is 0.225 e. The van der Waals surface area contributed by atoms with Crippen molar-refractivity contribution in [2.75, 3.05) is 6.54 Å². The summed E-state index contributed by atoms with van der Waals surface area (Å²) in [5.41, 5.74) is 6.10. The number of carbonyl (C=O) groups is 1. The Bertz CT molecular complexity index is 289. The summed E-state index contributed by atoms with van der Waals surface area (Å²) in [5, 5.41) is 0. The lowest BCUT2D eigenvalue weighted by Crippen LogP contribution is -2.47. The van der Waals surface area contributed by atoms with Gasteiger partial charge in [0.05, 0.1) is 0 Å². The van der Waals surface area contributed by atoms with Crippen molar-refractivity contribution in [3.8, 4) is 0 Å². The molecule has 2 aliphatic rings. The van der Waals surface area contributed by atoms with Crippen LogP contribution in [0.1, 0.15) is 65.2 Å². The van der Waals surface area contributed by atoms with Crippen molar-refractivity contribution in [3.05, 3.63) is 0 Å². The number of rotatable bonds is 3. The molecule has 3 unspecified atom stereocenters. The van der Waals surface area contributed by atoms with Gasteiger partial charge in [-0.15, -0.1) is 0 Å². The maximum atomic E-state index is 12.8. The van der Waals surface area contributed by atoms with Gasteiger partial charge in [0.2, 0.25) is 5.91 Å². The van der Waals surface area contributed by atoms with E-state index in [2.05, 4.69) is 18.7 Å². The highest BCUT2D eigenvalue weighted by Gasteiger charge is 2.34. The van der Waals surface area contributed by atoms with Crippen molar-refractivity contribution in [1.29, 1.82) is 0 Å². The summed E-state index contributed by atoms with van der Waals surface area (Å²) in [6.45, 7) is 5.22. The lowest BCUT2D eigenvalue weighted by atomic mass is 9.78. The quantitative estimate of drug-likeness (QED) is 0.853. The Labute approximate surface area is 117 Å². The van der Waals surface area contributed by atoms with Gasteiger partial charge in [-0.1, -0.05) is 26.2 Å². The van der Waals surface area contributed by atoms with Crippen LogP contribution in [-0.4, -0.2) is 29.4 Å². The van der Waals surface area contributed by atoms with Gasteiger partial charge in [-0.25, -0.2) is 0 Å². The Morgan fingerprint density at radius 2 is 1.84 bits per heavy atom. The van der Waals surface area contributed by atoms with Gasteiger partial charge in [-0.05, 0) is 44.9 Å². The van der Waals surface area contributed by atoms with E-state index in [9.17, 15) is 4.79 Å². The van der Waals surface area contributed by atoms with Crippen LogP contribution in [0.15, 0.2) is 0 Å². The van der Waals surface area contributed by atoms with Gasteiger partial charge in [0.15, 0.2) is 0 Å². The van der Waals surface area contributed by atoms with E-state index in [1.54, 1.807) is 0 Å². The van der Waals surface area contributed by atoms with Gasteiger partial charge in [0, 0.05) is 24.5 Å². The second-order valence-corrected chi connectivity index (χ2v) is 6.69. The van der Waals surface area contributed by atoms with Gasteiger partial charge in [-0.2, -0.15) is 0 Å². The minimum absolute atomic E-state index is 0.181. The van der Waals surface area contributed by atoms with Crippen LogP contribution in [0, 0.1) is 11.8 Å². The standard InChI is InChI=1S/C16H30N2O/c1-3-18(15-7-5-4-6-8-15)16(19)13-9-12(2)10-14(17)11-13/h12-15H,3-11,17H2,1-2H3. The first-order valence-electron chi connectivity index (χ1n) is 8.17. The van der Waals surface area contributed by atoms with Crippen molar-refractivity contribution in [3.63, 3.8) is 0 Å². The van der Waals surface area contributed by atoms with Crippen LogP contribution < -0.4 is 5.73 Å². The van der Waals surface area contributed by atoms with Gasteiger partial charge < -0.3 is 10.6 Å². The lowest BCUT2D eigenvalue weighted by molar-refractivity contribution is -0.140. The molecule has 0 aromatic heterocycles. The SMILES string of the molecule is CCN(C(=O)C1CC(C)CC(N)C1)C1CCCCC1. The lowest BCUT2D eigenvalue weighted by Gasteiger charge is -2.38. The average Bonchev–Trinajstić information content (AvgIpc) is 2.39. The molecule has 0 heterocycles. The molecule has 2 fully saturated rings. The first-order valence-corrected chi connectivity index (χ1v) is 8.17. The molecule has 0 aliphatic heterocycles. The maximum Gasteiger partial charge on any atom is 0.225 e. The molecule has 2 N–H and O–H groups in total. The molecule has 1 amide bonds. The van der Waals surface area contributed by atoms with Crippen molar-refractivity contribution in [1.82, 2.24) is 4.90 Å². The second-order valence-electron chi connectivity index (χ2n) is 6.69. The Morgan fingerprint density at radius 3 is 2.42 bits per heavy atom. The number of nitrogens with two attached hydrogens (primary N) is 1. The summed E-state index contributed by atoms with van der Waals surface area (Å²) in [4.78, 5) is 15.0. The van der Waals surface area contributed by atoms with Gasteiger partial charge >= 0.3 is 0 Å². The number of nitrogens with zero attached hydrogens (tertiary/aromatic N) is 1. The van der Waals surface area contributed by atoms with Crippen LogP contribution in [0.3, 0.4) is 0 Å². The van der Waals surface area contributed by atoms with Crippen molar-refractivity contribution < 1.29 is 4.79 Å². The summed E-state index contributed by atoms with van der Waals surface area (Å²) in [6.07, 6.45) is 9.33. The number of hydrogen-bond donors (Lipinski definition) is 1. The third-order valence-corrected chi connectivity index (χ3v) is 4.97. The minimum atomic E-state index is 0.181. The highest BCUT2D eigenvalue weighted by molar-refractivity contribution is 5.79. The molecule has 110 valence electrons. The molecule has 0 saturated heterocycles. The number of carbonyl (C=O) groups excluding carboxylic acids is 1. The molecule has 2 rings (SSSR count). The molecule has 3 nitrogen and oxygen atoms in total. The zero-order chi connectivity index (χ0) is 13.8. The van der Waals surface area contributed by atoms with E-state index in [0.29, 0.717) is 17.9 Å². The number of hydrogen-bond acceptors (Lipinski definition) is 2. The van der Waals surface area contributed by atoms with Crippen LogP contribution in [0.25, 0.3) is 0 Å². The van der Waals surface area contributed by atoms with Crippen molar-refractivity contribution in [2.45, 2.75) is 77.3 Å². The molecule has 0 bridgehead atoms. The highest BCUT2D eigenvalue weighted by atomic mass is 16.2. The Morgan fingerprint density at radius 1 is 1.16 bits per heavy atom. The van der Waals surface area contributed by atoms with Crippen LogP contribution in [0.5, 0.6) is 0 Å². The van der Waals surface area contributed by atoms with E-state index in [-0.39, 0.29) is 12.0 Å². The summed E-state index contributed by atoms with van der Waals surface area (Å²) >= 11 is 0. The van der Waals surface area contributed by atoms with Crippen LogP contribution in [0.4, 0.5) is 0 Å². The molecule has 2 saturated carbocycles. The fraction of sp³-hybridized carbons (Fsp3) is 0.938. The summed E-state index contributed by atoms with van der Waals surface area (Å²) in [7, 11) is 0. The normalized spacial score (nSPS) is 33.1. The van der Waals surface area contributed by atoms with Crippen molar-refractivity contribution >= 4 is 5.91 Å². The van der Waals surface area contributed by atoms with Gasteiger partial charge in [0.25, 0.3) is 0 Å². The largest absolute Gasteiger partial charge is 0.340 e. The Kier molecular flexibility index (Phi) is 5.26. The van der Waals surface area contributed by atoms with Crippen molar-refractivity contribution in [2.24, 2.45) is 17.6 Å². The summed E-state index contributed by atoms with van der Waals surface area (Å²) in [6, 6.07) is 0.725. The molecule has 3 atom stereocenters. The fourth-order valence-corrected chi connectivity index (χ4v) is 4.08. The molecule has 3 heteroatoms. The Hall–Kier alpha value is -0.570. The first kappa shape index (κ1) is 14.8. The van der Waals surface area contributed by atoms with E-state index in [1.807, 2.05) is 0 Å². The van der Waals surface area contributed by atoms with E-state index >= 15 is 0 Å². The molecule has 0 spiro atoms. The van der Waals surface area contributed by atoms with Crippen LogP contribution >= 0.6 is 0 Å². The van der Waals surface area contributed by atoms with E-state index in [4.69, 9.17) is 5.73 Å². The predicted molar refractivity (Wildman–Crippen MR) is 78.7 cm³/mol. The highest BCUT2D eigenvalue weighted by Crippen LogP contribution is 2.31. The third kappa shape index (κ3) is 3.71. The zero-order valence-electron chi connectivity index (χ0n) is 12.6. The number of amides is 1. The minimum Gasteiger partial charge on any atom is -0.340 e. The average molecular weight is 266 g/mol. The maximum absolute atomic E-state index is 12.8. The first-order chi connectivity index (χ1) is 9.11. The summed E-state index contributed by atoms with van der Waals surface area (Å²) in [5.74, 6) is 1.17. The molecular formula is C16H30N2O. The topological polar surface area (TPSA) is 46.3 Å². The van der Waals surface area contributed by atoms with E-state index in [1.165, 1.54) is 32.1 Å². The third-order valence-electron chi connectivity index (χ3n) is 4.97. The van der Waals surface area contributed by atoms with Gasteiger partial charge in [0.1, 0.15) is 0 Å². The molecular weight excluding hydrogens is 236 g/mol.